The Balaban J connectivity index is 1.66. The molecule has 6 nitrogen and oxygen atoms in total. The summed E-state index contributed by atoms with van der Waals surface area (Å²) >= 11 is 0. The van der Waals surface area contributed by atoms with Crippen LogP contribution in [0.1, 0.15) is 21.6 Å². The number of carbonyl (C=O) groups excluding carboxylic acids is 1. The SMILES string of the molecule is O=C(NCc1ccc(F)cc1)c1cccc(S(=O)(=O)NCc2ccccn2)c1. The van der Waals surface area contributed by atoms with Gasteiger partial charge in [0, 0.05) is 18.3 Å². The van der Waals surface area contributed by atoms with Gasteiger partial charge in [0.2, 0.25) is 10.0 Å². The maximum atomic E-state index is 12.9. The predicted octanol–water partition coefficient (Wildman–Crippen LogP) is 2.63. The number of carbonyl (C=O) groups is 1. The van der Waals surface area contributed by atoms with Crippen molar-refractivity contribution in [2.45, 2.75) is 18.0 Å². The lowest BCUT2D eigenvalue weighted by atomic mass is 10.2. The number of nitrogens with zero attached hydrogens (tertiary/aromatic N) is 1. The fourth-order valence-corrected chi connectivity index (χ4v) is 3.49. The van der Waals surface area contributed by atoms with Gasteiger partial charge in [0.1, 0.15) is 5.82 Å². The lowest BCUT2D eigenvalue weighted by Gasteiger charge is -2.09. The average Bonchev–Trinajstić information content (AvgIpc) is 2.72. The van der Waals surface area contributed by atoms with E-state index in [0.29, 0.717) is 5.69 Å². The Morgan fingerprint density at radius 3 is 2.46 bits per heavy atom. The highest BCUT2D eigenvalue weighted by atomic mass is 32.2. The summed E-state index contributed by atoms with van der Waals surface area (Å²) in [5, 5.41) is 2.68. The van der Waals surface area contributed by atoms with Gasteiger partial charge in [0.15, 0.2) is 0 Å². The van der Waals surface area contributed by atoms with Crippen molar-refractivity contribution < 1.29 is 17.6 Å². The Kier molecular flexibility index (Phi) is 6.13. The molecule has 1 aromatic heterocycles. The molecule has 0 aliphatic rings. The molecule has 2 aromatic carbocycles. The Bertz CT molecular complexity index is 1060. The van der Waals surface area contributed by atoms with Gasteiger partial charge in [0.25, 0.3) is 5.91 Å². The first-order valence-corrected chi connectivity index (χ1v) is 9.95. The number of halogens is 1. The van der Waals surface area contributed by atoms with Crippen LogP contribution in [0.3, 0.4) is 0 Å². The second-order valence-electron chi connectivity index (χ2n) is 5.98. The second kappa shape index (κ2) is 8.73. The maximum Gasteiger partial charge on any atom is 0.251 e. The van der Waals surface area contributed by atoms with Gasteiger partial charge in [-0.25, -0.2) is 17.5 Å². The Morgan fingerprint density at radius 2 is 1.75 bits per heavy atom. The van der Waals surface area contributed by atoms with Gasteiger partial charge in [-0.05, 0) is 48.0 Å². The number of hydrogen-bond acceptors (Lipinski definition) is 4. The van der Waals surface area contributed by atoms with E-state index in [1.165, 1.54) is 36.4 Å². The van der Waals surface area contributed by atoms with Crippen molar-refractivity contribution in [1.29, 1.82) is 0 Å². The minimum Gasteiger partial charge on any atom is -0.348 e. The van der Waals surface area contributed by atoms with Crippen LogP contribution < -0.4 is 10.0 Å². The molecule has 0 aliphatic heterocycles. The summed E-state index contributed by atoms with van der Waals surface area (Å²) in [6, 6.07) is 16.7. The van der Waals surface area contributed by atoms with Crippen LogP contribution in [0.25, 0.3) is 0 Å². The van der Waals surface area contributed by atoms with Crippen molar-refractivity contribution in [3.05, 3.63) is 95.6 Å². The molecular weight excluding hydrogens is 381 g/mol. The van der Waals surface area contributed by atoms with Crippen LogP contribution in [0.15, 0.2) is 77.8 Å². The molecule has 3 rings (SSSR count). The summed E-state index contributed by atoms with van der Waals surface area (Å²) in [6.45, 7) is 0.248. The monoisotopic (exact) mass is 399 g/mol. The molecule has 0 unspecified atom stereocenters. The molecule has 0 radical (unpaired) electrons. The fourth-order valence-electron chi connectivity index (χ4n) is 2.45. The number of hydrogen-bond donors (Lipinski definition) is 2. The van der Waals surface area contributed by atoms with Crippen molar-refractivity contribution in [2.75, 3.05) is 0 Å². The first-order valence-electron chi connectivity index (χ1n) is 8.46. The number of nitrogens with one attached hydrogen (secondary N) is 2. The van der Waals surface area contributed by atoms with E-state index in [1.807, 2.05) is 0 Å². The number of amides is 1. The summed E-state index contributed by atoms with van der Waals surface area (Å²) in [5.41, 5.74) is 1.53. The van der Waals surface area contributed by atoms with Crippen LogP contribution in [0.4, 0.5) is 4.39 Å². The van der Waals surface area contributed by atoms with E-state index in [2.05, 4.69) is 15.0 Å². The van der Waals surface area contributed by atoms with E-state index < -0.39 is 15.9 Å². The van der Waals surface area contributed by atoms with Crippen LogP contribution in [0.2, 0.25) is 0 Å². The highest BCUT2D eigenvalue weighted by Gasteiger charge is 2.16. The van der Waals surface area contributed by atoms with E-state index in [0.717, 1.165) is 5.56 Å². The van der Waals surface area contributed by atoms with Gasteiger partial charge in [-0.1, -0.05) is 24.3 Å². The van der Waals surface area contributed by atoms with E-state index in [1.54, 1.807) is 36.5 Å². The van der Waals surface area contributed by atoms with Crippen molar-refractivity contribution >= 4 is 15.9 Å². The van der Waals surface area contributed by atoms with Crippen molar-refractivity contribution in [3.8, 4) is 0 Å². The minimum atomic E-state index is -3.80. The first-order chi connectivity index (χ1) is 13.4. The van der Waals surface area contributed by atoms with Crippen molar-refractivity contribution in [2.24, 2.45) is 0 Å². The van der Waals surface area contributed by atoms with E-state index >= 15 is 0 Å². The van der Waals surface area contributed by atoms with E-state index in [-0.39, 0.29) is 29.4 Å². The summed E-state index contributed by atoms with van der Waals surface area (Å²) in [4.78, 5) is 16.4. The van der Waals surface area contributed by atoms with Gasteiger partial charge in [0.05, 0.1) is 17.1 Å². The third-order valence-corrected chi connectivity index (χ3v) is 5.34. The van der Waals surface area contributed by atoms with Crippen LogP contribution in [-0.4, -0.2) is 19.3 Å². The minimum absolute atomic E-state index is 0.0159. The molecule has 0 fully saturated rings. The zero-order valence-corrected chi connectivity index (χ0v) is 15.6. The third kappa shape index (κ3) is 5.21. The lowest BCUT2D eigenvalue weighted by Crippen LogP contribution is -2.25. The summed E-state index contributed by atoms with van der Waals surface area (Å²) in [5.74, 6) is -0.780. The highest BCUT2D eigenvalue weighted by molar-refractivity contribution is 7.89. The molecule has 0 aliphatic carbocycles. The average molecular weight is 399 g/mol. The molecule has 0 atom stereocenters. The lowest BCUT2D eigenvalue weighted by molar-refractivity contribution is 0.0950. The zero-order valence-electron chi connectivity index (χ0n) is 14.8. The molecule has 1 amide bonds. The smallest absolute Gasteiger partial charge is 0.251 e. The maximum absolute atomic E-state index is 12.9. The molecule has 144 valence electrons. The molecule has 3 aromatic rings. The number of rotatable bonds is 7. The second-order valence-corrected chi connectivity index (χ2v) is 7.75. The van der Waals surface area contributed by atoms with Gasteiger partial charge in [-0.3, -0.25) is 9.78 Å². The molecule has 1 heterocycles. The molecule has 0 spiro atoms. The largest absolute Gasteiger partial charge is 0.348 e. The molecule has 28 heavy (non-hydrogen) atoms. The topological polar surface area (TPSA) is 88.2 Å². The van der Waals surface area contributed by atoms with E-state index in [9.17, 15) is 17.6 Å². The molecular formula is C20H18FN3O3S. The number of benzene rings is 2. The van der Waals surface area contributed by atoms with Crippen LogP contribution >= 0.6 is 0 Å². The highest BCUT2D eigenvalue weighted by Crippen LogP contribution is 2.12. The quantitative estimate of drug-likeness (QED) is 0.639. The summed E-state index contributed by atoms with van der Waals surface area (Å²) in [7, 11) is -3.80. The number of aromatic nitrogens is 1. The number of pyridine rings is 1. The fraction of sp³-hybridized carbons (Fsp3) is 0.100. The van der Waals surface area contributed by atoms with Gasteiger partial charge in [-0.15, -0.1) is 0 Å². The molecule has 0 saturated heterocycles. The Morgan fingerprint density at radius 1 is 0.964 bits per heavy atom. The summed E-state index contributed by atoms with van der Waals surface area (Å²) < 4.78 is 40.4. The van der Waals surface area contributed by atoms with Gasteiger partial charge >= 0.3 is 0 Å². The number of sulfonamides is 1. The summed E-state index contributed by atoms with van der Waals surface area (Å²) in [6.07, 6.45) is 1.58. The zero-order chi connectivity index (χ0) is 20.0. The molecule has 8 heteroatoms. The van der Waals surface area contributed by atoms with Crippen LogP contribution in [-0.2, 0) is 23.1 Å². The van der Waals surface area contributed by atoms with Gasteiger partial charge in [-0.2, -0.15) is 0 Å². The van der Waals surface area contributed by atoms with Crippen LogP contribution in [0.5, 0.6) is 0 Å². The Hall–Kier alpha value is -3.10. The van der Waals surface area contributed by atoms with Crippen molar-refractivity contribution in [1.82, 2.24) is 15.0 Å². The van der Waals surface area contributed by atoms with Gasteiger partial charge < -0.3 is 5.32 Å². The standard InChI is InChI=1S/C20H18FN3O3S/c21-17-9-7-15(8-10-17)13-23-20(25)16-4-3-6-19(12-16)28(26,27)24-14-18-5-1-2-11-22-18/h1-12,24H,13-14H2,(H,23,25). The predicted molar refractivity (Wildman–Crippen MR) is 102 cm³/mol. The van der Waals surface area contributed by atoms with E-state index in [4.69, 9.17) is 0 Å². The molecule has 0 saturated carbocycles. The van der Waals surface area contributed by atoms with Crippen LogP contribution in [0, 0.1) is 5.82 Å². The molecule has 2 N–H and O–H groups in total. The Labute approximate surface area is 162 Å². The normalized spacial score (nSPS) is 11.2. The third-order valence-electron chi connectivity index (χ3n) is 3.94. The molecule has 0 bridgehead atoms. The first kappa shape index (κ1) is 19.7. The van der Waals surface area contributed by atoms with Crippen molar-refractivity contribution in [3.63, 3.8) is 0 Å².